The molecule has 13 heavy (non-hydrogen) atoms. The van der Waals surface area contributed by atoms with Gasteiger partial charge in [0.05, 0.1) is 15.9 Å². The summed E-state index contributed by atoms with van der Waals surface area (Å²) in [5, 5.41) is 0. The number of rotatable bonds is 2. The van der Waals surface area contributed by atoms with E-state index in [0.717, 1.165) is 11.1 Å². The quantitative estimate of drug-likeness (QED) is 0.675. The molecule has 3 nitrogen and oxygen atoms in total. The topological polar surface area (TPSA) is 57.2 Å². The molecule has 0 fully saturated rings. The first-order chi connectivity index (χ1) is 5.90. The molecule has 72 valence electrons. The van der Waals surface area contributed by atoms with Crippen LogP contribution in [0.1, 0.15) is 16.7 Å². The van der Waals surface area contributed by atoms with E-state index < -0.39 is 15.9 Å². The van der Waals surface area contributed by atoms with E-state index in [-0.39, 0.29) is 0 Å². The van der Waals surface area contributed by atoms with Crippen LogP contribution in [0.5, 0.6) is 0 Å². The third kappa shape index (κ3) is 2.82. The van der Waals surface area contributed by atoms with Crippen molar-refractivity contribution < 1.29 is 13.0 Å². The molecule has 0 saturated carbocycles. The number of hydrogen-bond acceptors (Lipinski definition) is 3. The summed E-state index contributed by atoms with van der Waals surface area (Å²) in [5.41, 5.74) is 2.32. The van der Waals surface area contributed by atoms with Crippen LogP contribution in [0.3, 0.4) is 0 Å². The molecule has 0 bridgehead atoms. The van der Waals surface area contributed by atoms with Crippen molar-refractivity contribution >= 4 is 10.1 Å². The molecule has 4 heteroatoms. The van der Waals surface area contributed by atoms with Gasteiger partial charge < -0.3 is 4.55 Å². The molecular formula is C9H11O3S-. The zero-order valence-corrected chi connectivity index (χ0v) is 8.39. The largest absolute Gasteiger partial charge is 0.748 e. The maximum Gasteiger partial charge on any atom is 0.0988 e. The number of aryl methyl sites for hydroxylation is 2. The highest BCUT2D eigenvalue weighted by Crippen LogP contribution is 2.15. The van der Waals surface area contributed by atoms with Crippen LogP contribution in [0.2, 0.25) is 0 Å². The van der Waals surface area contributed by atoms with Crippen molar-refractivity contribution in [1.29, 1.82) is 0 Å². The Morgan fingerprint density at radius 2 is 1.69 bits per heavy atom. The fraction of sp³-hybridized carbons (Fsp3) is 0.333. The normalized spacial score (nSPS) is 11.6. The van der Waals surface area contributed by atoms with Crippen LogP contribution < -0.4 is 0 Å². The van der Waals surface area contributed by atoms with Crippen LogP contribution in [0.25, 0.3) is 0 Å². The smallest absolute Gasteiger partial charge is 0.0988 e. The fourth-order valence-corrected chi connectivity index (χ4v) is 2.06. The van der Waals surface area contributed by atoms with Crippen molar-refractivity contribution in [2.45, 2.75) is 19.6 Å². The standard InChI is InChI=1S/C9H12O3S/c1-7-4-3-5-8(2)9(7)6-13(10,11)12/h3-5H,6H2,1-2H3,(H,10,11,12)/p-1. The molecule has 0 saturated heterocycles. The predicted molar refractivity (Wildman–Crippen MR) is 49.3 cm³/mol. The first-order valence-electron chi connectivity index (χ1n) is 3.89. The van der Waals surface area contributed by atoms with Gasteiger partial charge in [-0.05, 0) is 30.5 Å². The zero-order chi connectivity index (χ0) is 10.1. The molecule has 0 amide bonds. The molecule has 0 heterocycles. The van der Waals surface area contributed by atoms with Crippen LogP contribution in [0, 0.1) is 13.8 Å². The van der Waals surface area contributed by atoms with E-state index in [1.807, 2.05) is 6.07 Å². The zero-order valence-electron chi connectivity index (χ0n) is 7.57. The van der Waals surface area contributed by atoms with Gasteiger partial charge in [0, 0.05) is 0 Å². The van der Waals surface area contributed by atoms with Gasteiger partial charge >= 0.3 is 0 Å². The van der Waals surface area contributed by atoms with E-state index in [1.165, 1.54) is 0 Å². The average Bonchev–Trinajstić information content (AvgIpc) is 1.95. The summed E-state index contributed by atoms with van der Waals surface area (Å²) >= 11 is 0. The highest BCUT2D eigenvalue weighted by atomic mass is 32.2. The molecular weight excluding hydrogens is 188 g/mol. The van der Waals surface area contributed by atoms with Crippen molar-refractivity contribution in [3.05, 3.63) is 34.9 Å². The summed E-state index contributed by atoms with van der Waals surface area (Å²) in [4.78, 5) is 0. The molecule has 0 atom stereocenters. The lowest BCUT2D eigenvalue weighted by Crippen LogP contribution is -2.05. The third-order valence-electron chi connectivity index (χ3n) is 1.97. The molecule has 0 aliphatic heterocycles. The van der Waals surface area contributed by atoms with Gasteiger partial charge in [-0.25, -0.2) is 8.42 Å². The van der Waals surface area contributed by atoms with E-state index in [0.29, 0.717) is 5.56 Å². The second-order valence-electron chi connectivity index (χ2n) is 3.07. The minimum absolute atomic E-state index is 0.411. The molecule has 0 unspecified atom stereocenters. The first-order valence-corrected chi connectivity index (χ1v) is 5.46. The van der Waals surface area contributed by atoms with Crippen LogP contribution >= 0.6 is 0 Å². The van der Waals surface area contributed by atoms with E-state index >= 15 is 0 Å². The molecule has 1 aromatic carbocycles. The molecule has 1 rings (SSSR count). The van der Waals surface area contributed by atoms with Gasteiger partial charge in [-0.15, -0.1) is 0 Å². The predicted octanol–water partition coefficient (Wildman–Crippen LogP) is 1.35. The van der Waals surface area contributed by atoms with Gasteiger partial charge in [-0.3, -0.25) is 0 Å². The summed E-state index contributed by atoms with van der Waals surface area (Å²) in [5.74, 6) is -0.411. The molecule has 0 N–H and O–H groups in total. The van der Waals surface area contributed by atoms with Gasteiger partial charge in [0.2, 0.25) is 0 Å². The van der Waals surface area contributed by atoms with Gasteiger partial charge in [0.25, 0.3) is 0 Å². The van der Waals surface area contributed by atoms with Crippen LogP contribution in [0.15, 0.2) is 18.2 Å². The van der Waals surface area contributed by atoms with Gasteiger partial charge in [-0.1, -0.05) is 18.2 Å². The Balaban J connectivity index is 3.15. The Labute approximate surface area is 78.2 Å². The van der Waals surface area contributed by atoms with Gasteiger partial charge in [0.1, 0.15) is 0 Å². The maximum absolute atomic E-state index is 10.5. The minimum atomic E-state index is -4.17. The Morgan fingerprint density at radius 1 is 1.23 bits per heavy atom. The summed E-state index contributed by atoms with van der Waals surface area (Å²) in [7, 11) is -4.17. The Bertz CT molecular complexity index is 387. The number of benzene rings is 1. The van der Waals surface area contributed by atoms with Crippen molar-refractivity contribution in [2.75, 3.05) is 0 Å². The van der Waals surface area contributed by atoms with E-state index in [2.05, 4.69) is 0 Å². The van der Waals surface area contributed by atoms with Crippen molar-refractivity contribution in [3.8, 4) is 0 Å². The lowest BCUT2D eigenvalue weighted by molar-refractivity contribution is 0.461. The summed E-state index contributed by atoms with van der Waals surface area (Å²) < 4.78 is 31.6. The summed E-state index contributed by atoms with van der Waals surface area (Å²) in [6.45, 7) is 3.60. The van der Waals surface area contributed by atoms with Crippen molar-refractivity contribution in [1.82, 2.24) is 0 Å². The SMILES string of the molecule is Cc1cccc(C)c1CS(=O)(=O)[O-]. The monoisotopic (exact) mass is 199 g/mol. The van der Waals surface area contributed by atoms with Gasteiger partial charge in [0.15, 0.2) is 0 Å². The molecule has 0 aromatic heterocycles. The second kappa shape index (κ2) is 3.47. The molecule has 0 spiro atoms. The fourth-order valence-electron chi connectivity index (χ4n) is 1.25. The van der Waals surface area contributed by atoms with Gasteiger partial charge in [-0.2, -0.15) is 0 Å². The molecule has 0 aliphatic carbocycles. The molecule has 1 aromatic rings. The maximum atomic E-state index is 10.5. The lowest BCUT2D eigenvalue weighted by atomic mass is 10.1. The van der Waals surface area contributed by atoms with Crippen LogP contribution in [-0.4, -0.2) is 13.0 Å². The highest BCUT2D eigenvalue weighted by Gasteiger charge is 2.05. The Hall–Kier alpha value is -0.870. The summed E-state index contributed by atoms with van der Waals surface area (Å²) in [6, 6.07) is 5.44. The van der Waals surface area contributed by atoms with E-state index in [4.69, 9.17) is 0 Å². The third-order valence-corrected chi connectivity index (χ3v) is 2.61. The first kappa shape index (κ1) is 10.2. The summed E-state index contributed by atoms with van der Waals surface area (Å²) in [6.07, 6.45) is 0. The number of hydrogen-bond donors (Lipinski definition) is 0. The highest BCUT2D eigenvalue weighted by molar-refractivity contribution is 7.84. The van der Waals surface area contributed by atoms with Crippen LogP contribution in [0.4, 0.5) is 0 Å². The molecule has 0 radical (unpaired) electrons. The van der Waals surface area contributed by atoms with Crippen LogP contribution in [-0.2, 0) is 15.9 Å². The van der Waals surface area contributed by atoms with Crippen molar-refractivity contribution in [2.24, 2.45) is 0 Å². The molecule has 0 aliphatic rings. The average molecular weight is 199 g/mol. The minimum Gasteiger partial charge on any atom is -0.748 e. The Kier molecular flexibility index (Phi) is 2.73. The van der Waals surface area contributed by atoms with Crippen molar-refractivity contribution in [3.63, 3.8) is 0 Å². The lowest BCUT2D eigenvalue weighted by Gasteiger charge is -2.11. The second-order valence-corrected chi connectivity index (χ2v) is 4.48. The van der Waals surface area contributed by atoms with E-state index in [9.17, 15) is 13.0 Å². The Morgan fingerprint density at radius 3 is 2.08 bits per heavy atom. The van der Waals surface area contributed by atoms with E-state index in [1.54, 1.807) is 26.0 Å².